The quantitative estimate of drug-likeness (QED) is 0.575. The summed E-state index contributed by atoms with van der Waals surface area (Å²) in [5.74, 6) is 0. The number of nitrogens with zero attached hydrogens (tertiary/aromatic N) is 2. The topological polar surface area (TPSA) is 30.4 Å². The first-order chi connectivity index (χ1) is 4.95. The summed E-state index contributed by atoms with van der Waals surface area (Å²) in [6.07, 6.45) is 5.39. The van der Waals surface area contributed by atoms with E-state index in [0.717, 1.165) is 19.6 Å². The highest BCUT2D eigenvalue weighted by molar-refractivity contribution is 4.78. The first-order valence-electron chi connectivity index (χ1n) is 3.54. The molecule has 0 unspecified atom stereocenters. The first kappa shape index (κ1) is 5.92. The lowest BCUT2D eigenvalue weighted by molar-refractivity contribution is 0.380. The average molecular weight is 138 g/mol. The summed E-state index contributed by atoms with van der Waals surface area (Å²) < 4.78 is 7.00. The number of aromatic nitrogens is 2. The molecular weight excluding hydrogens is 128 g/mol. The van der Waals surface area contributed by atoms with Gasteiger partial charge in [0.15, 0.2) is 0 Å². The highest BCUT2D eigenvalue weighted by atomic mass is 16.6. The van der Waals surface area contributed by atoms with Gasteiger partial charge in [-0.05, 0) is 12.5 Å². The molecule has 2 rings (SSSR count). The second-order valence-corrected chi connectivity index (χ2v) is 2.51. The zero-order valence-corrected chi connectivity index (χ0v) is 5.73. The van der Waals surface area contributed by atoms with Crippen molar-refractivity contribution in [1.29, 1.82) is 0 Å². The molecule has 0 radical (unpaired) electrons. The van der Waals surface area contributed by atoms with Gasteiger partial charge in [-0.15, -0.1) is 0 Å². The largest absolute Gasteiger partial charge is 0.373 e. The molecule has 3 heteroatoms. The molecule has 3 nitrogen and oxygen atoms in total. The number of epoxide rings is 1. The minimum absolute atomic E-state index is 0.518. The smallest absolute Gasteiger partial charge is 0.0827 e. The van der Waals surface area contributed by atoms with Crippen LogP contribution in [0.2, 0.25) is 0 Å². The fourth-order valence-corrected chi connectivity index (χ4v) is 0.944. The molecule has 1 atom stereocenters. The van der Waals surface area contributed by atoms with E-state index in [2.05, 4.69) is 5.10 Å². The summed E-state index contributed by atoms with van der Waals surface area (Å²) in [5.41, 5.74) is 0. The van der Waals surface area contributed by atoms with E-state index in [1.165, 1.54) is 0 Å². The Labute approximate surface area is 59.6 Å². The van der Waals surface area contributed by atoms with Crippen molar-refractivity contribution in [2.24, 2.45) is 0 Å². The molecule has 54 valence electrons. The summed E-state index contributed by atoms with van der Waals surface area (Å²) >= 11 is 0. The van der Waals surface area contributed by atoms with E-state index < -0.39 is 0 Å². The number of hydrogen-bond donors (Lipinski definition) is 0. The molecule has 2 heterocycles. The summed E-state index contributed by atoms with van der Waals surface area (Å²) in [7, 11) is 0. The Balaban J connectivity index is 1.79. The average Bonchev–Trinajstić information content (AvgIpc) is 2.63. The SMILES string of the molecule is c1cnn(CC[C@H]2CO2)c1. The maximum Gasteiger partial charge on any atom is 0.0827 e. The Morgan fingerprint density at radius 2 is 2.60 bits per heavy atom. The van der Waals surface area contributed by atoms with Crippen LogP contribution in [0.4, 0.5) is 0 Å². The Morgan fingerprint density at radius 1 is 1.70 bits per heavy atom. The molecule has 0 saturated carbocycles. The predicted octanol–water partition coefficient (Wildman–Crippen LogP) is 0.672. The van der Waals surface area contributed by atoms with Gasteiger partial charge in [0.25, 0.3) is 0 Å². The van der Waals surface area contributed by atoms with Gasteiger partial charge in [-0.25, -0.2) is 0 Å². The molecule has 1 aliphatic heterocycles. The summed E-state index contributed by atoms with van der Waals surface area (Å²) in [6, 6.07) is 1.94. The number of ether oxygens (including phenoxy) is 1. The van der Waals surface area contributed by atoms with Gasteiger partial charge in [-0.1, -0.05) is 0 Å². The Morgan fingerprint density at radius 3 is 3.20 bits per heavy atom. The first-order valence-corrected chi connectivity index (χ1v) is 3.54. The van der Waals surface area contributed by atoms with Crippen LogP contribution in [0.5, 0.6) is 0 Å². The number of rotatable bonds is 3. The van der Waals surface area contributed by atoms with E-state index in [0.29, 0.717) is 6.10 Å². The van der Waals surface area contributed by atoms with Gasteiger partial charge in [0.1, 0.15) is 0 Å². The third-order valence-corrected chi connectivity index (χ3v) is 1.64. The molecule has 0 N–H and O–H groups in total. The van der Waals surface area contributed by atoms with Crippen LogP contribution in [0.25, 0.3) is 0 Å². The molecule has 1 aromatic rings. The fraction of sp³-hybridized carbons (Fsp3) is 0.571. The lowest BCUT2D eigenvalue weighted by atomic mass is 10.3. The molecule has 1 aliphatic rings. The van der Waals surface area contributed by atoms with Crippen LogP contribution in [0.3, 0.4) is 0 Å². The molecule has 1 saturated heterocycles. The van der Waals surface area contributed by atoms with Crippen LogP contribution in [0.15, 0.2) is 18.5 Å². The van der Waals surface area contributed by atoms with Crippen molar-refractivity contribution in [3.8, 4) is 0 Å². The zero-order valence-electron chi connectivity index (χ0n) is 5.73. The van der Waals surface area contributed by atoms with Crippen LogP contribution in [0.1, 0.15) is 6.42 Å². The van der Waals surface area contributed by atoms with Crippen LogP contribution >= 0.6 is 0 Å². The molecule has 0 aliphatic carbocycles. The fourth-order valence-electron chi connectivity index (χ4n) is 0.944. The standard InChI is InChI=1S/C7H10N2O/c1-3-8-9(4-1)5-2-7-6-10-7/h1,3-4,7H,2,5-6H2/t7-/m0/s1. The van der Waals surface area contributed by atoms with E-state index in [9.17, 15) is 0 Å². The van der Waals surface area contributed by atoms with Crippen LogP contribution < -0.4 is 0 Å². The van der Waals surface area contributed by atoms with E-state index in [-0.39, 0.29) is 0 Å². The predicted molar refractivity (Wildman–Crippen MR) is 36.6 cm³/mol. The van der Waals surface area contributed by atoms with Gasteiger partial charge in [0, 0.05) is 18.9 Å². The lowest BCUT2D eigenvalue weighted by Crippen LogP contribution is -2.00. The van der Waals surface area contributed by atoms with Crippen LogP contribution in [-0.4, -0.2) is 22.5 Å². The zero-order chi connectivity index (χ0) is 6.81. The monoisotopic (exact) mass is 138 g/mol. The third kappa shape index (κ3) is 1.36. The van der Waals surface area contributed by atoms with Crippen molar-refractivity contribution in [2.45, 2.75) is 19.1 Å². The van der Waals surface area contributed by atoms with Crippen molar-refractivity contribution in [2.75, 3.05) is 6.61 Å². The maximum atomic E-state index is 5.07. The van der Waals surface area contributed by atoms with Crippen molar-refractivity contribution < 1.29 is 4.74 Å². The second-order valence-electron chi connectivity index (χ2n) is 2.51. The van der Waals surface area contributed by atoms with E-state index in [1.54, 1.807) is 6.20 Å². The third-order valence-electron chi connectivity index (χ3n) is 1.64. The highest BCUT2D eigenvalue weighted by Crippen LogP contribution is 2.13. The highest BCUT2D eigenvalue weighted by Gasteiger charge is 2.21. The van der Waals surface area contributed by atoms with E-state index in [1.807, 2.05) is 16.9 Å². The van der Waals surface area contributed by atoms with Crippen molar-refractivity contribution in [3.63, 3.8) is 0 Å². The lowest BCUT2D eigenvalue weighted by Gasteiger charge is -1.95. The van der Waals surface area contributed by atoms with Gasteiger partial charge < -0.3 is 4.74 Å². The summed E-state index contributed by atoms with van der Waals surface area (Å²) in [5, 5.41) is 4.08. The molecule has 0 bridgehead atoms. The maximum absolute atomic E-state index is 5.07. The molecule has 0 amide bonds. The Hall–Kier alpha value is -0.830. The van der Waals surface area contributed by atoms with Crippen LogP contribution in [-0.2, 0) is 11.3 Å². The van der Waals surface area contributed by atoms with E-state index >= 15 is 0 Å². The summed E-state index contributed by atoms with van der Waals surface area (Å²) in [6.45, 7) is 1.93. The van der Waals surface area contributed by atoms with Crippen molar-refractivity contribution in [3.05, 3.63) is 18.5 Å². The Bertz CT molecular complexity index is 191. The molecular formula is C7H10N2O. The van der Waals surface area contributed by atoms with Gasteiger partial charge >= 0.3 is 0 Å². The van der Waals surface area contributed by atoms with Gasteiger partial charge in [0.2, 0.25) is 0 Å². The molecule has 0 spiro atoms. The number of aryl methyl sites for hydroxylation is 1. The van der Waals surface area contributed by atoms with Crippen molar-refractivity contribution >= 4 is 0 Å². The van der Waals surface area contributed by atoms with Gasteiger partial charge in [-0.3, -0.25) is 4.68 Å². The minimum atomic E-state index is 0.518. The minimum Gasteiger partial charge on any atom is -0.373 e. The normalized spacial score (nSPS) is 23.0. The molecule has 0 aromatic carbocycles. The molecule has 1 aromatic heterocycles. The van der Waals surface area contributed by atoms with Crippen molar-refractivity contribution in [1.82, 2.24) is 9.78 Å². The number of hydrogen-bond acceptors (Lipinski definition) is 2. The van der Waals surface area contributed by atoms with Gasteiger partial charge in [0.05, 0.1) is 12.7 Å². The van der Waals surface area contributed by atoms with E-state index in [4.69, 9.17) is 4.74 Å². The summed E-state index contributed by atoms with van der Waals surface area (Å²) in [4.78, 5) is 0. The Kier molecular flexibility index (Phi) is 1.43. The molecule has 10 heavy (non-hydrogen) atoms. The van der Waals surface area contributed by atoms with Crippen LogP contribution in [0, 0.1) is 0 Å². The molecule has 1 fully saturated rings. The second kappa shape index (κ2) is 2.42. The van der Waals surface area contributed by atoms with Gasteiger partial charge in [-0.2, -0.15) is 5.10 Å².